The van der Waals surface area contributed by atoms with Gasteiger partial charge in [0.1, 0.15) is 0 Å². The summed E-state index contributed by atoms with van der Waals surface area (Å²) in [4.78, 5) is 16.9. The molecular weight excluding hydrogens is 432 g/mol. The number of amides is 1. The van der Waals surface area contributed by atoms with Crippen molar-refractivity contribution in [2.24, 2.45) is 22.7 Å². The predicted molar refractivity (Wildman–Crippen MR) is 147 cm³/mol. The van der Waals surface area contributed by atoms with Crippen molar-refractivity contribution in [3.8, 4) is 0 Å². The first-order valence-corrected chi connectivity index (χ1v) is 13.2. The number of ether oxygens (including phenoxy) is 1. The lowest BCUT2D eigenvalue weighted by Gasteiger charge is -2.10. The number of aliphatic imine (C=N–C) groups is 1. The van der Waals surface area contributed by atoms with Crippen LogP contribution in [0.1, 0.15) is 63.5 Å². The van der Waals surface area contributed by atoms with Gasteiger partial charge >= 0.3 is 6.09 Å². The third-order valence-corrected chi connectivity index (χ3v) is 7.93. The van der Waals surface area contributed by atoms with Crippen LogP contribution < -0.4 is 15.8 Å². The zero-order valence-electron chi connectivity index (χ0n) is 21.6. The largest absolute Gasteiger partial charge is 0.449 e. The highest BCUT2D eigenvalue weighted by Gasteiger charge is 2.49. The fourth-order valence-electron chi connectivity index (χ4n) is 5.68. The number of allylic oxidation sites excluding steroid dienone is 2. The SMILES string of the molecule is C=c1c(=CC)ccc2ccc(CN=C(C)CCCNC(=O)OCC3C4CCC=CCCC43)c(C)c12. The lowest BCUT2D eigenvalue weighted by Crippen LogP contribution is -2.26. The molecule has 1 N–H and O–H groups in total. The molecule has 0 aromatic heterocycles. The van der Waals surface area contributed by atoms with Crippen LogP contribution >= 0.6 is 0 Å². The number of carbonyl (C=O) groups excluding carboxylic acids is 1. The van der Waals surface area contributed by atoms with Gasteiger partial charge in [0.15, 0.2) is 0 Å². The number of fused-ring (bicyclic) bond motifs is 2. The summed E-state index contributed by atoms with van der Waals surface area (Å²) in [7, 11) is 0. The molecule has 2 aromatic rings. The maximum Gasteiger partial charge on any atom is 0.407 e. The van der Waals surface area contributed by atoms with Crippen LogP contribution in [0.25, 0.3) is 23.4 Å². The van der Waals surface area contributed by atoms with Crippen LogP contribution in [-0.2, 0) is 11.3 Å². The summed E-state index contributed by atoms with van der Waals surface area (Å²) in [6.07, 6.45) is 13.0. The van der Waals surface area contributed by atoms with Crippen molar-refractivity contribution < 1.29 is 9.53 Å². The molecule has 4 heteroatoms. The second-order valence-electron chi connectivity index (χ2n) is 10.2. The second kappa shape index (κ2) is 11.7. The van der Waals surface area contributed by atoms with E-state index in [2.05, 4.69) is 75.2 Å². The van der Waals surface area contributed by atoms with Gasteiger partial charge in [0.2, 0.25) is 0 Å². The molecular formula is C31H40N2O2. The molecule has 0 heterocycles. The number of hydrogen-bond donors (Lipinski definition) is 1. The van der Waals surface area contributed by atoms with Crippen LogP contribution in [0.15, 0.2) is 41.4 Å². The summed E-state index contributed by atoms with van der Waals surface area (Å²) in [5.41, 5.74) is 3.60. The maximum atomic E-state index is 12.1. The minimum atomic E-state index is -0.281. The maximum absolute atomic E-state index is 12.1. The van der Waals surface area contributed by atoms with Crippen molar-refractivity contribution in [3.63, 3.8) is 0 Å². The Morgan fingerprint density at radius 3 is 2.60 bits per heavy atom. The number of hydrogen-bond acceptors (Lipinski definition) is 3. The van der Waals surface area contributed by atoms with E-state index < -0.39 is 0 Å². The summed E-state index contributed by atoms with van der Waals surface area (Å²) in [5.74, 6) is 2.08. The Hall–Kier alpha value is -2.88. The topological polar surface area (TPSA) is 50.7 Å². The average molecular weight is 473 g/mol. The van der Waals surface area contributed by atoms with Gasteiger partial charge in [0.25, 0.3) is 0 Å². The average Bonchev–Trinajstić information content (AvgIpc) is 3.49. The van der Waals surface area contributed by atoms with Crippen LogP contribution in [0, 0.1) is 24.7 Å². The summed E-state index contributed by atoms with van der Waals surface area (Å²) in [6, 6.07) is 8.65. The van der Waals surface area contributed by atoms with Crippen LogP contribution in [-0.4, -0.2) is 25.0 Å². The molecule has 1 fully saturated rings. The van der Waals surface area contributed by atoms with Crippen molar-refractivity contribution in [2.75, 3.05) is 13.2 Å². The molecule has 2 unspecified atom stereocenters. The number of aryl methyl sites for hydroxylation is 1. The number of alkyl carbamates (subject to hydrolysis) is 1. The molecule has 1 saturated carbocycles. The van der Waals surface area contributed by atoms with E-state index in [0.29, 0.717) is 25.6 Å². The van der Waals surface area contributed by atoms with Crippen LogP contribution in [0.2, 0.25) is 0 Å². The van der Waals surface area contributed by atoms with Gasteiger partial charge in [-0.3, -0.25) is 4.99 Å². The van der Waals surface area contributed by atoms with Gasteiger partial charge in [-0.1, -0.05) is 49.1 Å². The van der Waals surface area contributed by atoms with Crippen LogP contribution in [0.5, 0.6) is 0 Å². The first-order valence-electron chi connectivity index (χ1n) is 13.2. The first kappa shape index (κ1) is 25.2. The third kappa shape index (κ3) is 6.22. The minimum absolute atomic E-state index is 0.281. The lowest BCUT2D eigenvalue weighted by atomic mass is 9.97. The summed E-state index contributed by atoms with van der Waals surface area (Å²) < 4.78 is 5.52. The van der Waals surface area contributed by atoms with E-state index in [9.17, 15) is 4.79 Å². The molecule has 0 spiro atoms. The second-order valence-corrected chi connectivity index (χ2v) is 10.2. The Morgan fingerprint density at radius 2 is 1.89 bits per heavy atom. The molecule has 2 atom stereocenters. The van der Waals surface area contributed by atoms with Crippen LogP contribution in [0.3, 0.4) is 0 Å². The van der Waals surface area contributed by atoms with Gasteiger partial charge in [-0.2, -0.15) is 0 Å². The molecule has 2 aliphatic rings. The highest BCUT2D eigenvalue weighted by molar-refractivity contribution is 5.87. The molecule has 186 valence electrons. The van der Waals surface area contributed by atoms with E-state index in [4.69, 9.17) is 9.73 Å². The molecule has 1 amide bonds. The van der Waals surface area contributed by atoms with E-state index in [0.717, 1.165) is 35.6 Å². The highest BCUT2D eigenvalue weighted by Crippen LogP contribution is 2.52. The van der Waals surface area contributed by atoms with Gasteiger partial charge in [-0.05, 0) is 109 Å². The monoisotopic (exact) mass is 472 g/mol. The van der Waals surface area contributed by atoms with Crippen molar-refractivity contribution in [1.82, 2.24) is 5.32 Å². The number of nitrogens with zero attached hydrogens (tertiary/aromatic N) is 1. The molecule has 35 heavy (non-hydrogen) atoms. The molecule has 0 aliphatic heterocycles. The number of benzene rings is 2. The molecule has 0 bridgehead atoms. The number of carbonyl (C=O) groups is 1. The van der Waals surface area contributed by atoms with Crippen LogP contribution in [0.4, 0.5) is 4.79 Å². The van der Waals surface area contributed by atoms with Gasteiger partial charge < -0.3 is 10.1 Å². The Bertz CT molecular complexity index is 1210. The van der Waals surface area contributed by atoms with Gasteiger partial charge in [0.05, 0.1) is 13.2 Å². The Labute approximate surface area is 209 Å². The quantitative estimate of drug-likeness (QED) is 0.299. The van der Waals surface area contributed by atoms with Crippen molar-refractivity contribution in [2.45, 2.75) is 65.8 Å². The number of nitrogens with one attached hydrogen (secondary N) is 1. The fourth-order valence-corrected chi connectivity index (χ4v) is 5.68. The smallest absolute Gasteiger partial charge is 0.407 e. The third-order valence-electron chi connectivity index (χ3n) is 7.93. The standard InChI is InChI=1S/C31H40N2O2/c1-5-24-14-15-25-16-17-26(23(4)30(25)22(24)3)19-33-21(2)11-10-18-32-31(34)35-20-29-27-12-8-6-7-9-13-28(27)29/h5-7,14-17,27-29H,3,8-13,18-20H2,1-2,4H3,(H,32,34). The molecule has 4 nitrogen and oxygen atoms in total. The first-order chi connectivity index (χ1) is 17.0. The van der Waals surface area contributed by atoms with E-state index >= 15 is 0 Å². The lowest BCUT2D eigenvalue weighted by molar-refractivity contribution is 0.137. The summed E-state index contributed by atoms with van der Waals surface area (Å²) >= 11 is 0. The predicted octanol–water partition coefficient (Wildman–Crippen LogP) is 5.82. The van der Waals surface area contributed by atoms with Crippen molar-refractivity contribution in [1.29, 1.82) is 0 Å². The zero-order valence-corrected chi connectivity index (χ0v) is 21.6. The van der Waals surface area contributed by atoms with Crippen molar-refractivity contribution >= 4 is 35.2 Å². The minimum Gasteiger partial charge on any atom is -0.449 e. The number of rotatable bonds is 8. The summed E-state index contributed by atoms with van der Waals surface area (Å²) in [5, 5.41) is 7.64. The highest BCUT2D eigenvalue weighted by atomic mass is 16.5. The van der Waals surface area contributed by atoms with Gasteiger partial charge in [-0.15, -0.1) is 0 Å². The summed E-state index contributed by atoms with van der Waals surface area (Å²) in [6.45, 7) is 12.5. The normalized spacial score (nSPS) is 22.4. The zero-order chi connectivity index (χ0) is 24.8. The Morgan fingerprint density at radius 1 is 1.17 bits per heavy atom. The molecule has 0 radical (unpaired) electrons. The van der Waals surface area contributed by atoms with Crippen molar-refractivity contribution in [3.05, 3.63) is 58.0 Å². The van der Waals surface area contributed by atoms with Gasteiger partial charge in [0, 0.05) is 12.3 Å². The molecule has 4 rings (SSSR count). The Balaban J connectivity index is 1.19. The Kier molecular flexibility index (Phi) is 8.43. The van der Waals surface area contributed by atoms with E-state index in [1.54, 1.807) is 0 Å². The molecule has 2 aromatic carbocycles. The van der Waals surface area contributed by atoms with E-state index in [1.165, 1.54) is 52.8 Å². The van der Waals surface area contributed by atoms with E-state index in [-0.39, 0.29) is 6.09 Å². The molecule has 2 aliphatic carbocycles. The fraction of sp³-hybridized carbons (Fsp3) is 0.484. The van der Waals surface area contributed by atoms with Gasteiger partial charge in [-0.25, -0.2) is 4.79 Å². The molecule has 0 saturated heterocycles. The van der Waals surface area contributed by atoms with E-state index in [1.807, 2.05) is 0 Å².